The van der Waals surface area contributed by atoms with Crippen LogP contribution in [0.2, 0.25) is 0 Å². The molecule has 9 atom stereocenters. The Labute approximate surface area is 298 Å². The van der Waals surface area contributed by atoms with Crippen molar-refractivity contribution in [2.45, 2.75) is 108 Å². The lowest BCUT2D eigenvalue weighted by Crippen LogP contribution is -2.63. The third kappa shape index (κ3) is 8.98. The van der Waals surface area contributed by atoms with Gasteiger partial charge in [-0.3, -0.25) is 0 Å². The summed E-state index contributed by atoms with van der Waals surface area (Å²) in [4.78, 5) is 12.0. The molecule has 0 saturated carbocycles. The maximum Gasteiger partial charge on any atom is 0.220 e. The Morgan fingerprint density at radius 2 is 1.35 bits per heavy atom. The fraction of sp³-hybridized carbons (Fsp3) is 0.538. The molecule has 276 valence electrons. The lowest BCUT2D eigenvalue weighted by Gasteiger charge is -2.48. The highest BCUT2D eigenvalue weighted by Gasteiger charge is 2.53. The molecular formula is C39H48O12. The van der Waals surface area contributed by atoms with Crippen LogP contribution in [0.4, 0.5) is 0 Å². The van der Waals surface area contributed by atoms with Crippen molar-refractivity contribution in [3.63, 3.8) is 0 Å². The van der Waals surface area contributed by atoms with E-state index in [0.717, 1.165) is 22.4 Å². The smallest absolute Gasteiger partial charge is 0.220 e. The third-order valence-corrected chi connectivity index (χ3v) is 9.26. The molecule has 4 fully saturated rings. The van der Waals surface area contributed by atoms with E-state index < -0.39 is 60.8 Å². The lowest BCUT2D eigenvalue weighted by atomic mass is 9.97. The predicted octanol–water partition coefficient (Wildman–Crippen LogP) is 5.62. The number of benzene rings is 3. The minimum absolute atomic E-state index is 0.0339. The zero-order valence-corrected chi connectivity index (χ0v) is 29.7. The Hall–Kier alpha value is -2.98. The van der Waals surface area contributed by atoms with Crippen LogP contribution in [0.5, 0.6) is 5.75 Å². The van der Waals surface area contributed by atoms with E-state index in [4.69, 9.17) is 57.1 Å². The molecular weight excluding hydrogens is 660 g/mol. The van der Waals surface area contributed by atoms with Crippen LogP contribution in [0.1, 0.15) is 50.7 Å². The minimum Gasteiger partial charge on any atom is -0.497 e. The van der Waals surface area contributed by atoms with Crippen LogP contribution in [-0.4, -0.2) is 87.5 Å². The normalized spacial score (nSPS) is 32.8. The first-order valence-corrected chi connectivity index (χ1v) is 17.5. The molecule has 4 aliphatic heterocycles. The van der Waals surface area contributed by atoms with Gasteiger partial charge in [0.1, 0.15) is 55.1 Å². The molecule has 0 bridgehead atoms. The summed E-state index contributed by atoms with van der Waals surface area (Å²) in [5, 5.41) is 0. The predicted molar refractivity (Wildman–Crippen MR) is 181 cm³/mol. The second-order valence-corrected chi connectivity index (χ2v) is 14.0. The summed E-state index contributed by atoms with van der Waals surface area (Å²) in [6, 6.07) is 27.4. The highest BCUT2D eigenvalue weighted by molar-refractivity contribution is 5.26. The SMILES string of the molecule is COc1ccc(CO[C@@H]2[C@H](OOC[C@H]3OC(C)(C)O[C@@H]3[C@H]3COC(C)(C)O3)O[C@@H]3COC(c4ccccc4)O[C@H]3[C@@H]2OCc2ccccc2)cc1. The Bertz CT molecular complexity index is 1520. The van der Waals surface area contributed by atoms with E-state index in [1.807, 2.05) is 113 Å². The first-order chi connectivity index (χ1) is 24.7. The molecule has 3 aromatic rings. The van der Waals surface area contributed by atoms with Gasteiger partial charge < -0.3 is 47.4 Å². The van der Waals surface area contributed by atoms with Crippen LogP contribution in [0, 0.1) is 0 Å². The zero-order valence-electron chi connectivity index (χ0n) is 29.7. The topological polar surface area (TPSA) is 111 Å². The quantitative estimate of drug-likeness (QED) is 0.162. The minimum atomic E-state index is -1.01. The van der Waals surface area contributed by atoms with Crippen molar-refractivity contribution in [3.05, 3.63) is 102 Å². The van der Waals surface area contributed by atoms with Gasteiger partial charge in [-0.05, 0) is 51.0 Å². The van der Waals surface area contributed by atoms with Gasteiger partial charge in [-0.25, -0.2) is 9.78 Å². The standard InChI is InChI=1S/C39H48O12/c1-38(2)44-23-30(48-38)32-31(49-39(3,4)50-32)24-45-51-37-35(42-21-26-16-18-28(40-5)19-17-26)34(41-20-25-12-8-6-9-13-25)33-29(46-37)22-43-36(47-33)27-14-10-7-11-15-27/h6-19,29-37H,20-24H2,1-5H3/t29-,30-,31-,32-,33-,34+,35+,36?,37+/m1/s1. The Morgan fingerprint density at radius 1 is 0.667 bits per heavy atom. The number of hydrogen-bond donors (Lipinski definition) is 0. The monoisotopic (exact) mass is 708 g/mol. The van der Waals surface area contributed by atoms with E-state index >= 15 is 0 Å². The van der Waals surface area contributed by atoms with Crippen LogP contribution < -0.4 is 4.74 Å². The molecule has 0 aromatic heterocycles. The molecule has 7 rings (SSSR count). The molecule has 0 amide bonds. The van der Waals surface area contributed by atoms with Crippen molar-refractivity contribution < 1.29 is 57.1 Å². The molecule has 51 heavy (non-hydrogen) atoms. The van der Waals surface area contributed by atoms with Crippen molar-refractivity contribution >= 4 is 0 Å². The van der Waals surface area contributed by atoms with Gasteiger partial charge in [0.05, 0.1) is 33.5 Å². The summed E-state index contributed by atoms with van der Waals surface area (Å²) in [6.07, 6.45) is -5.39. The maximum absolute atomic E-state index is 6.69. The van der Waals surface area contributed by atoms with Gasteiger partial charge in [0.2, 0.25) is 6.29 Å². The van der Waals surface area contributed by atoms with Gasteiger partial charge in [-0.15, -0.1) is 0 Å². The summed E-state index contributed by atoms with van der Waals surface area (Å²) in [6.45, 7) is 8.66. The maximum atomic E-state index is 6.69. The van der Waals surface area contributed by atoms with E-state index in [1.54, 1.807) is 7.11 Å². The van der Waals surface area contributed by atoms with Gasteiger partial charge in [0.25, 0.3) is 0 Å². The zero-order chi connectivity index (χ0) is 35.4. The molecule has 3 aromatic carbocycles. The average Bonchev–Trinajstić information content (AvgIpc) is 3.67. The number of ether oxygens (including phenoxy) is 10. The van der Waals surface area contributed by atoms with E-state index in [0.29, 0.717) is 13.2 Å². The van der Waals surface area contributed by atoms with Crippen molar-refractivity contribution in [1.29, 1.82) is 0 Å². The molecule has 1 unspecified atom stereocenters. The molecule has 0 N–H and O–H groups in total. The first-order valence-electron chi connectivity index (χ1n) is 17.5. The van der Waals surface area contributed by atoms with Gasteiger partial charge in [-0.1, -0.05) is 72.8 Å². The number of hydrogen-bond acceptors (Lipinski definition) is 12. The number of rotatable bonds is 13. The summed E-state index contributed by atoms with van der Waals surface area (Å²) >= 11 is 0. The second kappa shape index (κ2) is 15.9. The summed E-state index contributed by atoms with van der Waals surface area (Å²) in [5.74, 6) is -0.820. The molecule has 12 nitrogen and oxygen atoms in total. The van der Waals surface area contributed by atoms with Crippen LogP contribution in [0.25, 0.3) is 0 Å². The summed E-state index contributed by atoms with van der Waals surface area (Å²) in [5.41, 5.74) is 2.83. The Kier molecular flexibility index (Phi) is 11.4. The van der Waals surface area contributed by atoms with Gasteiger partial charge in [-0.2, -0.15) is 0 Å². The molecule has 0 spiro atoms. The molecule has 0 radical (unpaired) electrons. The number of fused-ring (bicyclic) bond motifs is 1. The van der Waals surface area contributed by atoms with Crippen molar-refractivity contribution in [3.8, 4) is 5.75 Å². The number of methoxy groups -OCH3 is 1. The molecule has 4 aliphatic rings. The molecule has 4 heterocycles. The summed E-state index contributed by atoms with van der Waals surface area (Å²) < 4.78 is 62.3. The van der Waals surface area contributed by atoms with Crippen molar-refractivity contribution in [2.75, 3.05) is 26.9 Å². The summed E-state index contributed by atoms with van der Waals surface area (Å²) in [7, 11) is 1.63. The van der Waals surface area contributed by atoms with Crippen molar-refractivity contribution in [2.24, 2.45) is 0 Å². The molecule has 4 saturated heterocycles. The Morgan fingerprint density at radius 3 is 2.04 bits per heavy atom. The van der Waals surface area contributed by atoms with Gasteiger partial charge in [0, 0.05) is 5.56 Å². The average molecular weight is 709 g/mol. The first kappa shape index (κ1) is 36.4. The van der Waals surface area contributed by atoms with Crippen molar-refractivity contribution in [1.82, 2.24) is 0 Å². The second-order valence-electron chi connectivity index (χ2n) is 14.0. The molecule has 0 aliphatic carbocycles. The van der Waals surface area contributed by atoms with E-state index in [-0.39, 0.29) is 25.9 Å². The fourth-order valence-electron chi connectivity index (χ4n) is 6.81. The third-order valence-electron chi connectivity index (χ3n) is 9.26. The van der Waals surface area contributed by atoms with E-state index in [9.17, 15) is 0 Å². The molecule has 12 heteroatoms. The van der Waals surface area contributed by atoms with Crippen LogP contribution in [0.3, 0.4) is 0 Å². The largest absolute Gasteiger partial charge is 0.497 e. The van der Waals surface area contributed by atoms with Crippen LogP contribution in [0.15, 0.2) is 84.9 Å². The highest BCUT2D eigenvalue weighted by atomic mass is 17.2. The van der Waals surface area contributed by atoms with E-state index in [1.165, 1.54) is 0 Å². The highest BCUT2D eigenvalue weighted by Crippen LogP contribution is 2.39. The Balaban J connectivity index is 1.11. The van der Waals surface area contributed by atoms with Gasteiger partial charge in [0.15, 0.2) is 17.9 Å². The van der Waals surface area contributed by atoms with Crippen LogP contribution in [-0.2, 0) is 65.6 Å². The fourth-order valence-corrected chi connectivity index (χ4v) is 6.81. The lowest BCUT2D eigenvalue weighted by molar-refractivity contribution is -0.449. The van der Waals surface area contributed by atoms with E-state index in [2.05, 4.69) is 0 Å². The van der Waals surface area contributed by atoms with Crippen LogP contribution >= 0.6 is 0 Å². The van der Waals surface area contributed by atoms with Gasteiger partial charge >= 0.3 is 0 Å².